The van der Waals surface area contributed by atoms with Gasteiger partial charge in [0.05, 0.1) is 5.52 Å². The summed E-state index contributed by atoms with van der Waals surface area (Å²) in [6.07, 6.45) is 1.60. The lowest BCUT2D eigenvalue weighted by Crippen LogP contribution is -2.08. The zero-order valence-corrected chi connectivity index (χ0v) is 11.3. The molecule has 6 heteroatoms. The Morgan fingerprint density at radius 1 is 0.950 bits per heavy atom. The molecule has 104 valence electrons. The highest BCUT2D eigenvalue weighted by Gasteiger charge is 2.15. The maximum absolute atomic E-state index is 11.5. The van der Waals surface area contributed by atoms with Gasteiger partial charge in [-0.05, 0) is 12.1 Å². The molecule has 0 atom stereocenters. The van der Waals surface area contributed by atoms with E-state index in [-0.39, 0.29) is 17.4 Å². The van der Waals surface area contributed by atoms with Crippen molar-refractivity contribution in [2.24, 2.45) is 0 Å². The Bertz CT molecular complexity index is 714. The Morgan fingerprint density at radius 3 is 2.00 bits per heavy atom. The minimum absolute atomic E-state index is 0.0985. The van der Waals surface area contributed by atoms with Crippen molar-refractivity contribution in [3.8, 4) is 11.5 Å². The molecule has 1 aromatic carbocycles. The van der Waals surface area contributed by atoms with Crippen molar-refractivity contribution >= 4 is 28.7 Å². The zero-order valence-electron chi connectivity index (χ0n) is 11.3. The van der Waals surface area contributed by atoms with Crippen LogP contribution < -0.4 is 9.47 Å². The van der Waals surface area contributed by atoms with Gasteiger partial charge in [-0.15, -0.1) is 0 Å². The number of esters is 2. The molecule has 0 bridgehead atoms. The SMILES string of the molecule is CC(=O)Oc1cc2ccn(C(C)=O)c2cc1OC(C)=O. The number of fused-ring (bicyclic) bond motifs is 1. The van der Waals surface area contributed by atoms with Gasteiger partial charge in [-0.2, -0.15) is 0 Å². The van der Waals surface area contributed by atoms with Crippen LogP contribution in [0.1, 0.15) is 25.6 Å². The normalized spacial score (nSPS) is 10.3. The molecule has 0 radical (unpaired) electrons. The summed E-state index contributed by atoms with van der Waals surface area (Å²) in [5, 5.41) is 0.701. The average molecular weight is 275 g/mol. The second kappa shape index (κ2) is 5.16. The van der Waals surface area contributed by atoms with Gasteiger partial charge in [-0.25, -0.2) is 0 Å². The first-order valence-corrected chi connectivity index (χ1v) is 5.91. The van der Waals surface area contributed by atoms with Crippen molar-refractivity contribution in [1.29, 1.82) is 0 Å². The van der Waals surface area contributed by atoms with Crippen molar-refractivity contribution in [3.05, 3.63) is 24.4 Å². The van der Waals surface area contributed by atoms with Crippen LogP contribution in [0, 0.1) is 0 Å². The number of rotatable bonds is 2. The maximum Gasteiger partial charge on any atom is 0.308 e. The Labute approximate surface area is 114 Å². The minimum atomic E-state index is -0.543. The maximum atomic E-state index is 11.5. The summed E-state index contributed by atoms with van der Waals surface area (Å²) in [6.45, 7) is 3.92. The highest BCUT2D eigenvalue weighted by Crippen LogP contribution is 2.33. The summed E-state index contributed by atoms with van der Waals surface area (Å²) in [7, 11) is 0. The van der Waals surface area contributed by atoms with Crippen LogP contribution in [-0.2, 0) is 9.59 Å². The number of carbonyl (C=O) groups excluding carboxylic acids is 3. The van der Waals surface area contributed by atoms with Crippen LogP contribution in [0.15, 0.2) is 24.4 Å². The lowest BCUT2D eigenvalue weighted by molar-refractivity contribution is -0.134. The zero-order chi connectivity index (χ0) is 14.9. The monoisotopic (exact) mass is 275 g/mol. The molecule has 0 saturated carbocycles. The van der Waals surface area contributed by atoms with E-state index in [2.05, 4.69) is 0 Å². The molecule has 0 unspecified atom stereocenters. The predicted octanol–water partition coefficient (Wildman–Crippen LogP) is 2.15. The van der Waals surface area contributed by atoms with Gasteiger partial charge in [0.15, 0.2) is 11.5 Å². The van der Waals surface area contributed by atoms with E-state index in [1.165, 1.54) is 31.4 Å². The third-order valence-corrected chi connectivity index (χ3v) is 2.60. The number of carbonyl (C=O) groups is 3. The van der Waals surface area contributed by atoms with Gasteiger partial charge < -0.3 is 9.47 Å². The summed E-state index contributed by atoms with van der Waals surface area (Å²) >= 11 is 0. The van der Waals surface area contributed by atoms with Gasteiger partial charge in [-0.1, -0.05) is 0 Å². The van der Waals surface area contributed by atoms with Crippen LogP contribution in [0.3, 0.4) is 0 Å². The Hall–Kier alpha value is -2.63. The molecular formula is C14H13NO5. The van der Waals surface area contributed by atoms with Crippen LogP contribution in [0.25, 0.3) is 10.9 Å². The molecule has 0 aliphatic rings. The number of benzene rings is 1. The third-order valence-electron chi connectivity index (χ3n) is 2.60. The van der Waals surface area contributed by atoms with Gasteiger partial charge in [0.2, 0.25) is 5.91 Å². The molecule has 6 nitrogen and oxygen atoms in total. The Balaban J connectivity index is 2.62. The van der Waals surface area contributed by atoms with Crippen molar-refractivity contribution in [3.63, 3.8) is 0 Å². The van der Waals surface area contributed by atoms with Crippen molar-refractivity contribution in [2.45, 2.75) is 20.8 Å². The van der Waals surface area contributed by atoms with Crippen molar-refractivity contribution in [2.75, 3.05) is 0 Å². The van der Waals surface area contributed by atoms with Crippen LogP contribution in [0.2, 0.25) is 0 Å². The number of ether oxygens (including phenoxy) is 2. The molecule has 20 heavy (non-hydrogen) atoms. The molecule has 0 spiro atoms. The molecule has 2 aromatic rings. The second-order valence-electron chi connectivity index (χ2n) is 4.25. The van der Waals surface area contributed by atoms with Gasteiger partial charge in [0.1, 0.15) is 0 Å². The molecular weight excluding hydrogens is 262 g/mol. The fraction of sp³-hybridized carbons (Fsp3) is 0.214. The highest BCUT2D eigenvalue weighted by atomic mass is 16.6. The van der Waals surface area contributed by atoms with Gasteiger partial charge in [0, 0.05) is 38.4 Å². The first-order chi connectivity index (χ1) is 9.38. The lowest BCUT2D eigenvalue weighted by Gasteiger charge is -2.09. The number of nitrogens with zero attached hydrogens (tertiary/aromatic N) is 1. The largest absolute Gasteiger partial charge is 0.423 e. The second-order valence-corrected chi connectivity index (χ2v) is 4.25. The van der Waals surface area contributed by atoms with Gasteiger partial charge >= 0.3 is 11.9 Å². The summed E-state index contributed by atoms with van der Waals surface area (Å²) in [6, 6.07) is 4.76. The van der Waals surface area contributed by atoms with E-state index in [1.807, 2.05) is 0 Å². The predicted molar refractivity (Wildman–Crippen MR) is 70.9 cm³/mol. The van der Waals surface area contributed by atoms with Crippen LogP contribution >= 0.6 is 0 Å². The third kappa shape index (κ3) is 2.69. The fourth-order valence-electron chi connectivity index (χ4n) is 1.89. The fourth-order valence-corrected chi connectivity index (χ4v) is 1.89. The van der Waals surface area contributed by atoms with Gasteiger partial charge in [0.25, 0.3) is 0 Å². The minimum Gasteiger partial charge on any atom is -0.423 e. The molecule has 2 rings (SSSR count). The van der Waals surface area contributed by atoms with E-state index < -0.39 is 11.9 Å². The summed E-state index contributed by atoms with van der Waals surface area (Å²) in [5.41, 5.74) is 0.574. The van der Waals surface area contributed by atoms with Crippen molar-refractivity contribution in [1.82, 2.24) is 4.57 Å². The van der Waals surface area contributed by atoms with E-state index in [0.717, 1.165) is 0 Å². The first kappa shape index (κ1) is 13.8. The van der Waals surface area contributed by atoms with Crippen LogP contribution in [0.4, 0.5) is 0 Å². The topological polar surface area (TPSA) is 74.6 Å². The molecule has 0 saturated heterocycles. The molecule has 0 aliphatic heterocycles. The molecule has 1 heterocycles. The summed E-state index contributed by atoms with van der Waals surface area (Å²) < 4.78 is 11.4. The van der Waals surface area contributed by atoms with E-state index in [4.69, 9.17) is 9.47 Å². The average Bonchev–Trinajstić information content (AvgIpc) is 2.70. The molecule has 0 aliphatic carbocycles. The molecule has 1 aromatic heterocycles. The smallest absolute Gasteiger partial charge is 0.308 e. The van der Waals surface area contributed by atoms with E-state index in [0.29, 0.717) is 10.9 Å². The summed E-state index contributed by atoms with van der Waals surface area (Å²) in [4.78, 5) is 33.7. The quantitative estimate of drug-likeness (QED) is 0.620. The number of hydrogen-bond donors (Lipinski definition) is 0. The molecule has 0 fully saturated rings. The number of hydrogen-bond acceptors (Lipinski definition) is 5. The molecule has 0 amide bonds. The Morgan fingerprint density at radius 2 is 1.50 bits per heavy atom. The van der Waals surface area contributed by atoms with Crippen LogP contribution in [0.5, 0.6) is 11.5 Å². The standard InChI is InChI=1S/C14H13NO5/c1-8(16)15-5-4-11-6-13(19-9(2)17)14(7-12(11)15)20-10(3)18/h4-7H,1-3H3. The van der Waals surface area contributed by atoms with Gasteiger partial charge in [-0.3, -0.25) is 19.0 Å². The summed E-state index contributed by atoms with van der Waals surface area (Å²) in [5.74, 6) is -1.00. The molecule has 0 N–H and O–H groups in total. The van der Waals surface area contributed by atoms with Crippen LogP contribution in [-0.4, -0.2) is 22.4 Å². The Kier molecular flexibility index (Phi) is 3.56. The highest BCUT2D eigenvalue weighted by molar-refractivity contribution is 5.94. The van der Waals surface area contributed by atoms with E-state index >= 15 is 0 Å². The first-order valence-electron chi connectivity index (χ1n) is 5.91. The van der Waals surface area contributed by atoms with E-state index in [9.17, 15) is 14.4 Å². The lowest BCUT2D eigenvalue weighted by atomic mass is 10.2. The van der Waals surface area contributed by atoms with Crippen molar-refractivity contribution < 1.29 is 23.9 Å². The number of aromatic nitrogens is 1. The van der Waals surface area contributed by atoms with E-state index in [1.54, 1.807) is 18.3 Å².